The molecular formula is C20H30O3. The molecule has 6 saturated carbocycles. The molecule has 0 aliphatic heterocycles. The minimum absolute atomic E-state index is 0.107. The van der Waals surface area contributed by atoms with Gasteiger partial charge < -0.3 is 10.2 Å². The summed E-state index contributed by atoms with van der Waals surface area (Å²) in [7, 11) is 0. The van der Waals surface area contributed by atoms with E-state index in [4.69, 9.17) is 0 Å². The zero-order chi connectivity index (χ0) is 16.4. The monoisotopic (exact) mass is 318 g/mol. The number of aliphatic hydroxyl groups is 1. The Balaban J connectivity index is 1.60. The average Bonchev–Trinajstić information content (AvgIpc) is 2.93. The lowest BCUT2D eigenvalue weighted by Crippen LogP contribution is -2.64. The molecule has 6 aliphatic carbocycles. The van der Waals surface area contributed by atoms with E-state index < -0.39 is 11.4 Å². The van der Waals surface area contributed by atoms with Crippen LogP contribution in [0.4, 0.5) is 0 Å². The number of rotatable bonds is 1. The van der Waals surface area contributed by atoms with Crippen molar-refractivity contribution in [3.05, 3.63) is 0 Å². The molecule has 6 fully saturated rings. The molecule has 6 aliphatic rings. The van der Waals surface area contributed by atoms with E-state index in [1.165, 1.54) is 19.3 Å². The summed E-state index contributed by atoms with van der Waals surface area (Å²) in [5.41, 5.74) is 0.0736. The molecule has 3 nitrogen and oxygen atoms in total. The molecule has 0 heterocycles. The first-order valence-electron chi connectivity index (χ1n) is 9.60. The molecule has 0 aromatic rings. The van der Waals surface area contributed by atoms with Crippen LogP contribution < -0.4 is 0 Å². The fourth-order valence-electron chi connectivity index (χ4n) is 8.77. The minimum atomic E-state index is -0.650. The van der Waals surface area contributed by atoms with Crippen molar-refractivity contribution in [3.8, 4) is 0 Å². The molecular weight excluding hydrogens is 288 g/mol. The second kappa shape index (κ2) is 3.81. The third-order valence-electron chi connectivity index (χ3n) is 9.95. The van der Waals surface area contributed by atoms with Crippen molar-refractivity contribution in [3.63, 3.8) is 0 Å². The minimum Gasteiger partial charge on any atom is -0.481 e. The van der Waals surface area contributed by atoms with Gasteiger partial charge in [0, 0.05) is 5.41 Å². The van der Waals surface area contributed by atoms with E-state index in [1.54, 1.807) is 0 Å². The van der Waals surface area contributed by atoms with Gasteiger partial charge in [-0.25, -0.2) is 0 Å². The molecule has 23 heavy (non-hydrogen) atoms. The normalized spacial score (nSPS) is 65.7. The van der Waals surface area contributed by atoms with Crippen molar-refractivity contribution < 1.29 is 15.0 Å². The quantitative estimate of drug-likeness (QED) is 0.775. The molecule has 0 amide bonds. The second-order valence-corrected chi connectivity index (χ2v) is 10.5. The molecule has 3 heteroatoms. The van der Waals surface area contributed by atoms with Crippen LogP contribution in [0, 0.1) is 45.3 Å². The topological polar surface area (TPSA) is 57.5 Å². The highest BCUT2D eigenvalue weighted by Gasteiger charge is 2.80. The number of aliphatic hydroxyl groups excluding tert-OH is 1. The van der Waals surface area contributed by atoms with Crippen LogP contribution in [0.2, 0.25) is 0 Å². The summed E-state index contributed by atoms with van der Waals surface area (Å²) in [6, 6.07) is 0. The van der Waals surface area contributed by atoms with Crippen LogP contribution in [-0.4, -0.2) is 22.3 Å². The summed E-state index contributed by atoms with van der Waals surface area (Å²) in [5.74, 6) is 1.74. The van der Waals surface area contributed by atoms with Gasteiger partial charge in [0.15, 0.2) is 0 Å². The lowest BCUT2D eigenvalue weighted by molar-refractivity contribution is -0.219. The van der Waals surface area contributed by atoms with Crippen molar-refractivity contribution >= 4 is 5.97 Å². The van der Waals surface area contributed by atoms with Gasteiger partial charge in [-0.2, -0.15) is 0 Å². The molecule has 6 rings (SSSR count). The predicted octanol–water partition coefficient (Wildman–Crippen LogP) is 3.70. The van der Waals surface area contributed by atoms with E-state index in [9.17, 15) is 15.0 Å². The number of hydrogen-bond donors (Lipinski definition) is 2. The van der Waals surface area contributed by atoms with Crippen molar-refractivity contribution in [2.24, 2.45) is 45.3 Å². The van der Waals surface area contributed by atoms with Gasteiger partial charge in [-0.3, -0.25) is 4.79 Å². The maximum Gasteiger partial charge on any atom is 0.309 e. The molecule has 0 unspecified atom stereocenters. The molecule has 0 aromatic carbocycles. The molecule has 2 N–H and O–H groups in total. The molecule has 1 spiro atoms. The van der Waals surface area contributed by atoms with E-state index >= 15 is 0 Å². The smallest absolute Gasteiger partial charge is 0.309 e. The van der Waals surface area contributed by atoms with E-state index in [0.29, 0.717) is 17.8 Å². The summed E-state index contributed by atoms with van der Waals surface area (Å²) >= 11 is 0. The van der Waals surface area contributed by atoms with Crippen LogP contribution in [0.1, 0.15) is 65.7 Å². The van der Waals surface area contributed by atoms with Crippen LogP contribution in [0.3, 0.4) is 0 Å². The highest BCUT2D eigenvalue weighted by molar-refractivity contribution is 5.75. The highest BCUT2D eigenvalue weighted by Crippen LogP contribution is 2.85. The number of carboxylic acid groups (broad SMARTS) is 1. The Hall–Kier alpha value is -0.570. The largest absolute Gasteiger partial charge is 0.481 e. The lowest BCUT2D eigenvalue weighted by atomic mass is 9.39. The van der Waals surface area contributed by atoms with Crippen molar-refractivity contribution in [2.75, 3.05) is 0 Å². The van der Waals surface area contributed by atoms with Crippen LogP contribution in [-0.2, 0) is 4.79 Å². The Kier molecular flexibility index (Phi) is 2.45. The predicted molar refractivity (Wildman–Crippen MR) is 86.7 cm³/mol. The van der Waals surface area contributed by atoms with Gasteiger partial charge in [0.25, 0.3) is 0 Å². The van der Waals surface area contributed by atoms with E-state index in [-0.39, 0.29) is 22.9 Å². The summed E-state index contributed by atoms with van der Waals surface area (Å²) in [4.78, 5) is 12.1. The van der Waals surface area contributed by atoms with E-state index in [0.717, 1.165) is 31.1 Å². The Morgan fingerprint density at radius 1 is 1.00 bits per heavy atom. The molecule has 128 valence electrons. The number of fused-ring (bicyclic) bond motifs is 1. The van der Waals surface area contributed by atoms with E-state index in [2.05, 4.69) is 13.8 Å². The molecule has 0 saturated heterocycles. The highest BCUT2D eigenvalue weighted by atomic mass is 16.4. The Morgan fingerprint density at radius 2 is 1.74 bits per heavy atom. The standard InChI is InChI=1S/C20H30O3/c1-17-5-4-6-18(2,16(22)23)13(17)8-15(21)20-9-12-11(7-14(17)20)19(12,3)10-20/h11-15,21H,4-10H2,1-3H3,(H,22,23)/t11-,12-,13+,14+,15+,17-,18-,19+,20-/m1/s1. The number of hydrogen-bond acceptors (Lipinski definition) is 2. The van der Waals surface area contributed by atoms with E-state index in [1.807, 2.05) is 6.92 Å². The fourth-order valence-corrected chi connectivity index (χ4v) is 8.77. The third kappa shape index (κ3) is 1.38. The molecule has 0 aromatic heterocycles. The van der Waals surface area contributed by atoms with Gasteiger partial charge >= 0.3 is 5.97 Å². The first-order valence-corrected chi connectivity index (χ1v) is 9.60. The molecule has 4 bridgehead atoms. The van der Waals surface area contributed by atoms with Gasteiger partial charge in [-0.15, -0.1) is 0 Å². The average molecular weight is 318 g/mol. The van der Waals surface area contributed by atoms with Gasteiger partial charge in [0.05, 0.1) is 11.5 Å². The van der Waals surface area contributed by atoms with Gasteiger partial charge in [-0.1, -0.05) is 20.3 Å². The second-order valence-electron chi connectivity index (χ2n) is 10.5. The van der Waals surface area contributed by atoms with Gasteiger partial charge in [-0.05, 0) is 80.0 Å². The fraction of sp³-hybridized carbons (Fsp3) is 0.950. The summed E-state index contributed by atoms with van der Waals surface area (Å²) < 4.78 is 0. The van der Waals surface area contributed by atoms with Crippen LogP contribution in [0.5, 0.6) is 0 Å². The van der Waals surface area contributed by atoms with Crippen LogP contribution in [0.15, 0.2) is 0 Å². The molecule has 9 atom stereocenters. The van der Waals surface area contributed by atoms with Crippen molar-refractivity contribution in [1.29, 1.82) is 0 Å². The zero-order valence-electron chi connectivity index (χ0n) is 14.6. The maximum absolute atomic E-state index is 12.1. The number of carbonyl (C=O) groups is 1. The summed E-state index contributed by atoms with van der Waals surface area (Å²) in [6.07, 6.45) is 7.06. The zero-order valence-corrected chi connectivity index (χ0v) is 14.6. The Labute approximate surface area is 138 Å². The summed E-state index contributed by atoms with van der Waals surface area (Å²) in [5, 5.41) is 21.1. The number of carboxylic acids is 1. The summed E-state index contributed by atoms with van der Waals surface area (Å²) in [6.45, 7) is 6.78. The van der Waals surface area contributed by atoms with Crippen molar-refractivity contribution in [1.82, 2.24) is 0 Å². The maximum atomic E-state index is 12.1. The first kappa shape index (κ1) is 14.7. The Morgan fingerprint density at radius 3 is 2.35 bits per heavy atom. The van der Waals surface area contributed by atoms with Gasteiger partial charge in [0.2, 0.25) is 0 Å². The van der Waals surface area contributed by atoms with Crippen LogP contribution in [0.25, 0.3) is 0 Å². The Bertz CT molecular complexity index is 602. The number of aliphatic carboxylic acids is 1. The third-order valence-corrected chi connectivity index (χ3v) is 9.95. The first-order chi connectivity index (χ1) is 10.7. The van der Waals surface area contributed by atoms with Gasteiger partial charge in [0.1, 0.15) is 0 Å². The molecule has 0 radical (unpaired) electrons. The lowest BCUT2D eigenvalue weighted by Gasteiger charge is -2.66. The SMILES string of the molecule is C[C@@]12C[C@]34C[C@@H]1[C@H]2C[C@H]3[C@]1(C)CCC[C@@](C)(C(=O)O)[C@H]1C[C@@H]4O. The van der Waals surface area contributed by atoms with Crippen molar-refractivity contribution in [2.45, 2.75) is 71.8 Å². The van der Waals surface area contributed by atoms with Crippen LogP contribution >= 0.6 is 0 Å².